The van der Waals surface area contributed by atoms with Crippen LogP contribution in [-0.2, 0) is 4.74 Å². The Balaban J connectivity index is 2.39. The number of nitrogens with two attached hydrogens (primary N) is 1. The normalized spacial score (nSPS) is 10.1. The van der Waals surface area contributed by atoms with Gasteiger partial charge in [0.05, 0.1) is 12.3 Å². The van der Waals surface area contributed by atoms with Gasteiger partial charge in [-0.05, 0) is 25.1 Å². The van der Waals surface area contributed by atoms with Crippen molar-refractivity contribution in [2.24, 2.45) is 0 Å². The van der Waals surface area contributed by atoms with Gasteiger partial charge in [0.25, 0.3) is 0 Å². The van der Waals surface area contributed by atoms with Gasteiger partial charge in [0.2, 0.25) is 0 Å². The Morgan fingerprint density at radius 1 is 1.22 bits per heavy atom. The number of carbonyl (C=O) groups excluding carboxylic acids is 1. The molecular weight excluding hydrogens is 228 g/mol. The van der Waals surface area contributed by atoms with Crippen molar-refractivity contribution in [3.63, 3.8) is 0 Å². The molecule has 1 aromatic heterocycles. The van der Waals surface area contributed by atoms with Crippen molar-refractivity contribution < 1.29 is 9.53 Å². The molecule has 4 heteroatoms. The summed E-state index contributed by atoms with van der Waals surface area (Å²) >= 11 is 0. The number of nitrogen functional groups attached to an aromatic ring is 1. The van der Waals surface area contributed by atoms with E-state index in [0.717, 1.165) is 5.56 Å². The van der Waals surface area contributed by atoms with E-state index in [1.807, 2.05) is 24.3 Å². The molecule has 0 bridgehead atoms. The van der Waals surface area contributed by atoms with E-state index >= 15 is 0 Å². The summed E-state index contributed by atoms with van der Waals surface area (Å²) in [4.78, 5) is 15.9. The van der Waals surface area contributed by atoms with E-state index < -0.39 is 5.97 Å². The zero-order valence-corrected chi connectivity index (χ0v) is 10.1. The van der Waals surface area contributed by atoms with Crippen LogP contribution < -0.4 is 5.73 Å². The first kappa shape index (κ1) is 12.1. The molecule has 0 unspecified atom stereocenters. The van der Waals surface area contributed by atoms with E-state index in [0.29, 0.717) is 18.0 Å². The highest BCUT2D eigenvalue weighted by Crippen LogP contribution is 2.23. The smallest absolute Gasteiger partial charge is 0.356 e. The lowest BCUT2D eigenvalue weighted by Gasteiger charge is -2.06. The van der Waals surface area contributed by atoms with Crippen molar-refractivity contribution in [3.05, 3.63) is 48.2 Å². The van der Waals surface area contributed by atoms with Crippen molar-refractivity contribution >= 4 is 11.7 Å². The van der Waals surface area contributed by atoms with Gasteiger partial charge in [-0.1, -0.05) is 24.3 Å². The third-order valence-electron chi connectivity index (χ3n) is 2.47. The summed E-state index contributed by atoms with van der Waals surface area (Å²) in [6.07, 6.45) is 0. The zero-order chi connectivity index (χ0) is 13.0. The molecule has 0 amide bonds. The summed E-state index contributed by atoms with van der Waals surface area (Å²) in [6.45, 7) is 2.09. The number of benzene rings is 1. The predicted molar refractivity (Wildman–Crippen MR) is 70.0 cm³/mol. The highest BCUT2D eigenvalue weighted by atomic mass is 16.5. The first-order valence-corrected chi connectivity index (χ1v) is 5.71. The van der Waals surface area contributed by atoms with Crippen LogP contribution in [0.5, 0.6) is 0 Å². The second-order valence-corrected chi connectivity index (χ2v) is 3.72. The van der Waals surface area contributed by atoms with Gasteiger partial charge in [-0.3, -0.25) is 0 Å². The van der Waals surface area contributed by atoms with Gasteiger partial charge in [0, 0.05) is 11.3 Å². The summed E-state index contributed by atoms with van der Waals surface area (Å²) in [7, 11) is 0. The molecule has 0 fully saturated rings. The Hall–Kier alpha value is -2.36. The number of hydrogen-bond donors (Lipinski definition) is 1. The second kappa shape index (κ2) is 5.31. The molecule has 0 saturated carbocycles. The van der Waals surface area contributed by atoms with Crippen molar-refractivity contribution in [2.45, 2.75) is 6.92 Å². The molecule has 0 aliphatic carbocycles. The molecule has 4 nitrogen and oxygen atoms in total. The summed E-state index contributed by atoms with van der Waals surface area (Å²) in [5.74, 6) is -0.422. The highest BCUT2D eigenvalue weighted by molar-refractivity contribution is 5.88. The molecule has 2 N–H and O–H groups in total. The van der Waals surface area contributed by atoms with Crippen molar-refractivity contribution in [1.82, 2.24) is 4.98 Å². The number of anilines is 1. The van der Waals surface area contributed by atoms with E-state index in [1.54, 1.807) is 25.1 Å². The van der Waals surface area contributed by atoms with Crippen molar-refractivity contribution in [3.8, 4) is 11.3 Å². The summed E-state index contributed by atoms with van der Waals surface area (Å²) < 4.78 is 4.92. The molecule has 0 aliphatic heterocycles. The minimum absolute atomic E-state index is 0.289. The lowest BCUT2D eigenvalue weighted by atomic mass is 10.1. The lowest BCUT2D eigenvalue weighted by molar-refractivity contribution is 0.0519. The minimum atomic E-state index is -0.422. The number of pyridine rings is 1. The fourth-order valence-corrected chi connectivity index (χ4v) is 1.63. The maximum atomic E-state index is 11.6. The van der Waals surface area contributed by atoms with E-state index in [2.05, 4.69) is 4.98 Å². The van der Waals surface area contributed by atoms with Crippen LogP contribution in [0.25, 0.3) is 11.3 Å². The van der Waals surface area contributed by atoms with Crippen molar-refractivity contribution in [2.75, 3.05) is 12.3 Å². The summed E-state index contributed by atoms with van der Waals surface area (Å²) in [5, 5.41) is 0. The quantitative estimate of drug-likeness (QED) is 0.663. The maximum absolute atomic E-state index is 11.6. The van der Waals surface area contributed by atoms with Gasteiger partial charge >= 0.3 is 5.97 Å². The Bertz CT molecular complexity index is 567. The number of carbonyl (C=O) groups is 1. The molecule has 2 aromatic rings. The lowest BCUT2D eigenvalue weighted by Crippen LogP contribution is -2.07. The maximum Gasteiger partial charge on any atom is 0.356 e. The van der Waals surface area contributed by atoms with Crippen LogP contribution >= 0.6 is 0 Å². The Morgan fingerprint density at radius 3 is 2.72 bits per heavy atom. The van der Waals surface area contributed by atoms with E-state index in [-0.39, 0.29) is 5.69 Å². The third kappa shape index (κ3) is 2.48. The zero-order valence-electron chi connectivity index (χ0n) is 10.1. The SMILES string of the molecule is CCOC(=O)c1cccc(-c2ccccc2N)n1. The molecule has 0 radical (unpaired) electrons. The molecule has 92 valence electrons. The highest BCUT2D eigenvalue weighted by Gasteiger charge is 2.10. The van der Waals surface area contributed by atoms with E-state index in [1.165, 1.54) is 0 Å². The van der Waals surface area contributed by atoms with Gasteiger partial charge in [0.1, 0.15) is 5.69 Å². The fraction of sp³-hybridized carbons (Fsp3) is 0.143. The van der Waals surface area contributed by atoms with Gasteiger partial charge in [0.15, 0.2) is 0 Å². The van der Waals surface area contributed by atoms with E-state index in [9.17, 15) is 4.79 Å². The monoisotopic (exact) mass is 242 g/mol. The molecule has 0 atom stereocenters. The number of esters is 1. The Kier molecular flexibility index (Phi) is 3.57. The summed E-state index contributed by atoms with van der Waals surface area (Å²) in [6, 6.07) is 12.6. The number of hydrogen-bond acceptors (Lipinski definition) is 4. The molecule has 0 spiro atoms. The second-order valence-electron chi connectivity index (χ2n) is 3.72. The topological polar surface area (TPSA) is 65.2 Å². The van der Waals surface area contributed by atoms with Gasteiger partial charge in [-0.25, -0.2) is 9.78 Å². The van der Waals surface area contributed by atoms with E-state index in [4.69, 9.17) is 10.5 Å². The van der Waals surface area contributed by atoms with Crippen molar-refractivity contribution in [1.29, 1.82) is 0 Å². The molecule has 1 aromatic carbocycles. The van der Waals surface area contributed by atoms with Crippen LogP contribution in [0.15, 0.2) is 42.5 Å². The van der Waals surface area contributed by atoms with Gasteiger partial charge in [-0.15, -0.1) is 0 Å². The van der Waals surface area contributed by atoms with Crippen LogP contribution in [0.2, 0.25) is 0 Å². The Morgan fingerprint density at radius 2 is 2.00 bits per heavy atom. The summed E-state index contributed by atoms with van der Waals surface area (Å²) in [5.41, 5.74) is 8.28. The van der Waals surface area contributed by atoms with Crippen LogP contribution in [0.3, 0.4) is 0 Å². The molecular formula is C14H14N2O2. The van der Waals surface area contributed by atoms with Crippen LogP contribution in [0.1, 0.15) is 17.4 Å². The number of para-hydroxylation sites is 1. The molecule has 18 heavy (non-hydrogen) atoms. The fourth-order valence-electron chi connectivity index (χ4n) is 1.63. The average Bonchev–Trinajstić information content (AvgIpc) is 2.40. The van der Waals surface area contributed by atoms with Gasteiger partial charge in [-0.2, -0.15) is 0 Å². The standard InChI is InChI=1S/C14H14N2O2/c1-2-18-14(17)13-9-5-8-12(16-13)10-6-3-4-7-11(10)15/h3-9H,2,15H2,1H3. The predicted octanol–water partition coefficient (Wildman–Crippen LogP) is 2.51. The molecule has 0 saturated heterocycles. The number of nitrogens with zero attached hydrogens (tertiary/aromatic N) is 1. The van der Waals surface area contributed by atoms with Gasteiger partial charge < -0.3 is 10.5 Å². The number of rotatable bonds is 3. The van der Waals surface area contributed by atoms with Crippen LogP contribution in [-0.4, -0.2) is 17.6 Å². The molecule has 1 heterocycles. The Labute approximate surface area is 105 Å². The first-order valence-electron chi connectivity index (χ1n) is 5.71. The van der Waals surface area contributed by atoms with Crippen LogP contribution in [0.4, 0.5) is 5.69 Å². The molecule has 2 rings (SSSR count). The largest absolute Gasteiger partial charge is 0.461 e. The average molecular weight is 242 g/mol. The first-order chi connectivity index (χ1) is 8.72. The minimum Gasteiger partial charge on any atom is -0.461 e. The number of ether oxygens (including phenoxy) is 1. The third-order valence-corrected chi connectivity index (χ3v) is 2.47. The van der Waals surface area contributed by atoms with Crippen LogP contribution in [0, 0.1) is 0 Å². The number of aromatic nitrogens is 1. The molecule has 0 aliphatic rings.